The number of hydrogen-bond donors (Lipinski definition) is 1. The van der Waals surface area contributed by atoms with Gasteiger partial charge in [-0.15, -0.1) is 0 Å². The summed E-state index contributed by atoms with van der Waals surface area (Å²) < 4.78 is 11.9. The number of aliphatic hydroxyl groups excluding tert-OH is 1. The zero-order chi connectivity index (χ0) is 24.7. The minimum atomic E-state index is -0.345. The molecule has 35 heavy (non-hydrogen) atoms. The maximum atomic E-state index is 13.6. The van der Waals surface area contributed by atoms with E-state index in [1.165, 1.54) is 21.6 Å². The van der Waals surface area contributed by atoms with Crippen LogP contribution in [0.25, 0.3) is 6.08 Å². The van der Waals surface area contributed by atoms with Gasteiger partial charge in [0.25, 0.3) is 0 Å². The quantitative estimate of drug-likeness (QED) is 0.443. The smallest absolute Gasteiger partial charge is 0.238 e. The van der Waals surface area contributed by atoms with Crippen LogP contribution in [0, 0.1) is 23.7 Å². The monoisotopic (exact) mass is 475 g/mol. The number of para-hydroxylation sites is 1. The summed E-state index contributed by atoms with van der Waals surface area (Å²) >= 11 is 0. The second kappa shape index (κ2) is 9.59. The third-order valence-electron chi connectivity index (χ3n) is 7.68. The van der Waals surface area contributed by atoms with Crippen molar-refractivity contribution in [3.63, 3.8) is 0 Å². The van der Waals surface area contributed by atoms with E-state index in [4.69, 9.17) is 9.15 Å². The van der Waals surface area contributed by atoms with E-state index < -0.39 is 0 Å². The van der Waals surface area contributed by atoms with E-state index in [9.17, 15) is 14.7 Å². The molecule has 184 valence electrons. The highest BCUT2D eigenvalue weighted by Gasteiger charge is 2.57. The summed E-state index contributed by atoms with van der Waals surface area (Å²) in [6.07, 6.45) is 4.24. The number of rotatable bonds is 7. The Labute approximate surface area is 206 Å². The SMILES string of the molecule is C/C(=C\c1ccc(CO)o1)CC[C@H]1OC[C@H]2C1=C(C(C)C)C[C@H]1C(=O)N(c3ccccc3)C(=O)[C@H]12. The highest BCUT2D eigenvalue weighted by molar-refractivity contribution is 6.22. The maximum Gasteiger partial charge on any atom is 0.238 e. The lowest BCUT2D eigenvalue weighted by atomic mass is 9.67. The van der Waals surface area contributed by atoms with Crippen molar-refractivity contribution in [2.24, 2.45) is 23.7 Å². The number of ether oxygens (including phenoxy) is 1. The first-order valence-corrected chi connectivity index (χ1v) is 12.5. The molecule has 2 amide bonds. The Hall–Kier alpha value is -2.96. The third-order valence-corrected chi connectivity index (χ3v) is 7.68. The molecule has 5 rings (SSSR count). The Kier molecular flexibility index (Phi) is 6.51. The van der Waals surface area contributed by atoms with Crippen LogP contribution in [0.2, 0.25) is 0 Å². The predicted molar refractivity (Wildman–Crippen MR) is 133 cm³/mol. The van der Waals surface area contributed by atoms with Crippen molar-refractivity contribution in [1.82, 2.24) is 0 Å². The molecule has 0 spiro atoms. The molecule has 0 saturated carbocycles. The Morgan fingerprint density at radius 3 is 2.57 bits per heavy atom. The number of allylic oxidation sites excluding steroid dienone is 2. The van der Waals surface area contributed by atoms with Gasteiger partial charge in [-0.25, -0.2) is 0 Å². The Balaban J connectivity index is 1.37. The number of furan rings is 1. The van der Waals surface area contributed by atoms with Crippen LogP contribution in [0.15, 0.2) is 63.6 Å². The van der Waals surface area contributed by atoms with E-state index in [1.54, 1.807) is 6.07 Å². The first kappa shape index (κ1) is 23.8. The molecule has 4 atom stereocenters. The molecule has 0 radical (unpaired) electrons. The lowest BCUT2D eigenvalue weighted by Gasteiger charge is -2.33. The van der Waals surface area contributed by atoms with Gasteiger partial charge in [-0.3, -0.25) is 14.5 Å². The summed E-state index contributed by atoms with van der Waals surface area (Å²) in [5.74, 6) is 0.719. The molecule has 2 fully saturated rings. The number of imide groups is 1. The molecule has 3 aliphatic rings. The lowest BCUT2D eigenvalue weighted by molar-refractivity contribution is -0.122. The summed E-state index contributed by atoms with van der Waals surface area (Å²) in [5.41, 5.74) is 4.36. The first-order valence-electron chi connectivity index (χ1n) is 12.5. The molecule has 2 saturated heterocycles. The minimum absolute atomic E-state index is 0.0391. The topological polar surface area (TPSA) is 80.0 Å². The van der Waals surface area contributed by atoms with Gasteiger partial charge in [-0.05, 0) is 68.0 Å². The minimum Gasteiger partial charge on any atom is -0.459 e. The molecular formula is C29H33NO5. The summed E-state index contributed by atoms with van der Waals surface area (Å²) in [7, 11) is 0. The molecular weight excluding hydrogens is 442 g/mol. The Morgan fingerprint density at radius 1 is 1.11 bits per heavy atom. The van der Waals surface area contributed by atoms with E-state index in [2.05, 4.69) is 20.8 Å². The first-order chi connectivity index (χ1) is 16.9. The van der Waals surface area contributed by atoms with Crippen molar-refractivity contribution in [3.8, 4) is 0 Å². The standard InChI is InChI=1S/C29H33NO5/c1-17(2)22-14-23-27(29(33)30(28(23)32)19-7-5-4-6-8-19)24-16-34-25(26(22)24)12-9-18(3)13-20-10-11-21(15-31)35-20/h4-8,10-11,13,17,23-25,27,31H,9,12,14-16H2,1-3H3/b18-13+/t23-,24+,25-,27-/m1/s1. The van der Waals surface area contributed by atoms with Crippen LogP contribution >= 0.6 is 0 Å². The van der Waals surface area contributed by atoms with Gasteiger partial charge in [0, 0.05) is 5.92 Å². The molecule has 3 heterocycles. The van der Waals surface area contributed by atoms with Gasteiger partial charge in [0.2, 0.25) is 11.8 Å². The second-order valence-corrected chi connectivity index (χ2v) is 10.2. The van der Waals surface area contributed by atoms with E-state index in [0.717, 1.165) is 18.6 Å². The zero-order valence-corrected chi connectivity index (χ0v) is 20.6. The number of anilines is 1. The molecule has 0 unspecified atom stereocenters. The number of nitrogens with zero attached hydrogens (tertiary/aromatic N) is 1. The molecule has 1 aromatic heterocycles. The maximum absolute atomic E-state index is 13.6. The molecule has 0 bridgehead atoms. The average molecular weight is 476 g/mol. The molecule has 6 nitrogen and oxygen atoms in total. The summed E-state index contributed by atoms with van der Waals surface area (Å²) in [5, 5.41) is 9.21. The van der Waals surface area contributed by atoms with Gasteiger partial charge in [-0.1, -0.05) is 43.2 Å². The number of fused-ring (bicyclic) bond motifs is 3. The van der Waals surface area contributed by atoms with Gasteiger partial charge in [-0.2, -0.15) is 0 Å². The van der Waals surface area contributed by atoms with Crippen LogP contribution in [-0.4, -0.2) is 29.6 Å². The second-order valence-electron chi connectivity index (χ2n) is 10.2. The van der Waals surface area contributed by atoms with Crippen molar-refractivity contribution < 1.29 is 23.8 Å². The highest BCUT2D eigenvalue weighted by atomic mass is 16.5. The highest BCUT2D eigenvalue weighted by Crippen LogP contribution is 2.51. The van der Waals surface area contributed by atoms with Gasteiger partial charge in [0.15, 0.2) is 0 Å². The Bertz CT molecular complexity index is 1170. The van der Waals surface area contributed by atoms with Crippen molar-refractivity contribution in [1.29, 1.82) is 0 Å². The average Bonchev–Trinajstić information content (AvgIpc) is 3.54. The summed E-state index contributed by atoms with van der Waals surface area (Å²) in [4.78, 5) is 28.4. The molecule has 2 aromatic rings. The molecule has 6 heteroatoms. The third kappa shape index (κ3) is 4.30. The van der Waals surface area contributed by atoms with Gasteiger partial charge in [0.05, 0.1) is 30.2 Å². The van der Waals surface area contributed by atoms with Crippen LogP contribution < -0.4 is 4.90 Å². The van der Waals surface area contributed by atoms with Gasteiger partial charge in [0.1, 0.15) is 18.1 Å². The van der Waals surface area contributed by atoms with Crippen LogP contribution in [0.5, 0.6) is 0 Å². The predicted octanol–water partition coefficient (Wildman–Crippen LogP) is 5.13. The normalized spacial score (nSPS) is 26.7. The number of aliphatic hydroxyl groups is 1. The summed E-state index contributed by atoms with van der Waals surface area (Å²) in [6.45, 7) is 6.79. The van der Waals surface area contributed by atoms with Crippen LogP contribution in [0.3, 0.4) is 0 Å². The van der Waals surface area contributed by atoms with Crippen molar-refractivity contribution in [2.45, 2.75) is 52.7 Å². The fourth-order valence-corrected chi connectivity index (χ4v) is 6.02. The number of carbonyl (C=O) groups excluding carboxylic acids is 2. The molecule has 1 N–H and O–H groups in total. The number of amides is 2. The number of hydrogen-bond acceptors (Lipinski definition) is 5. The van der Waals surface area contributed by atoms with Gasteiger partial charge < -0.3 is 14.3 Å². The van der Waals surface area contributed by atoms with Crippen LogP contribution in [0.1, 0.15) is 51.6 Å². The fourth-order valence-electron chi connectivity index (χ4n) is 6.02. The van der Waals surface area contributed by atoms with Crippen molar-refractivity contribution in [2.75, 3.05) is 11.5 Å². The molecule has 1 aliphatic carbocycles. The van der Waals surface area contributed by atoms with Gasteiger partial charge >= 0.3 is 0 Å². The lowest BCUT2D eigenvalue weighted by Crippen LogP contribution is -2.35. The van der Waals surface area contributed by atoms with E-state index in [1.807, 2.05) is 42.5 Å². The van der Waals surface area contributed by atoms with E-state index in [-0.39, 0.29) is 42.3 Å². The fraction of sp³-hybridized carbons (Fsp3) is 0.448. The largest absolute Gasteiger partial charge is 0.459 e. The van der Waals surface area contributed by atoms with Crippen molar-refractivity contribution >= 4 is 23.6 Å². The van der Waals surface area contributed by atoms with Crippen LogP contribution in [0.4, 0.5) is 5.69 Å². The summed E-state index contributed by atoms with van der Waals surface area (Å²) in [6, 6.07) is 12.9. The van der Waals surface area contributed by atoms with Crippen molar-refractivity contribution in [3.05, 3.63) is 70.7 Å². The zero-order valence-electron chi connectivity index (χ0n) is 20.6. The number of benzene rings is 1. The van der Waals surface area contributed by atoms with Crippen LogP contribution in [-0.2, 0) is 20.9 Å². The molecule has 2 aliphatic heterocycles. The Morgan fingerprint density at radius 2 is 1.89 bits per heavy atom. The van der Waals surface area contributed by atoms with E-state index in [0.29, 0.717) is 30.4 Å². The number of carbonyl (C=O) groups is 2. The molecule has 1 aromatic carbocycles. The van der Waals surface area contributed by atoms with E-state index >= 15 is 0 Å².